The van der Waals surface area contributed by atoms with Crippen molar-refractivity contribution in [3.8, 4) is 11.5 Å². The smallest absolute Gasteiger partial charge is 0.307 e. The van der Waals surface area contributed by atoms with Crippen LogP contribution in [0.2, 0.25) is 5.02 Å². The summed E-state index contributed by atoms with van der Waals surface area (Å²) < 4.78 is 24.7. The second-order valence-corrected chi connectivity index (χ2v) is 6.08. The lowest BCUT2D eigenvalue weighted by Crippen LogP contribution is -2.13. The number of carbonyl (C=O) groups excluding carboxylic acids is 1. The molecule has 0 radical (unpaired) electrons. The molecule has 2 rings (SSSR count). The summed E-state index contributed by atoms with van der Waals surface area (Å²) in [7, 11) is 1.43. The van der Waals surface area contributed by atoms with Crippen LogP contribution < -0.4 is 14.8 Å². The van der Waals surface area contributed by atoms with E-state index in [1.807, 2.05) is 6.92 Å². The van der Waals surface area contributed by atoms with E-state index in [-0.39, 0.29) is 21.8 Å². The molecule has 27 heavy (non-hydrogen) atoms. The van der Waals surface area contributed by atoms with Gasteiger partial charge in [-0.25, -0.2) is 4.39 Å². The lowest BCUT2D eigenvalue weighted by molar-refractivity contribution is -0.136. The van der Waals surface area contributed by atoms with E-state index in [1.54, 1.807) is 0 Å². The molecule has 0 aliphatic carbocycles. The summed E-state index contributed by atoms with van der Waals surface area (Å²) in [5.41, 5.74) is 0.423. The predicted molar refractivity (Wildman–Crippen MR) is 99.5 cm³/mol. The highest BCUT2D eigenvalue weighted by Crippen LogP contribution is 2.36. The van der Waals surface area contributed by atoms with E-state index in [2.05, 4.69) is 5.32 Å². The van der Waals surface area contributed by atoms with E-state index in [9.17, 15) is 14.0 Å². The number of carbonyl (C=O) groups is 2. The number of carboxylic acid groups (broad SMARTS) is 1. The van der Waals surface area contributed by atoms with Crippen molar-refractivity contribution >= 4 is 29.2 Å². The van der Waals surface area contributed by atoms with Gasteiger partial charge in [0.05, 0.1) is 25.2 Å². The Morgan fingerprint density at radius 1 is 1.26 bits per heavy atom. The van der Waals surface area contributed by atoms with Crippen LogP contribution in [0.5, 0.6) is 11.5 Å². The second kappa shape index (κ2) is 9.23. The third-order valence-corrected chi connectivity index (χ3v) is 3.88. The molecule has 0 unspecified atom stereocenters. The van der Waals surface area contributed by atoms with E-state index in [0.717, 1.165) is 12.5 Å². The molecule has 0 bridgehead atoms. The summed E-state index contributed by atoms with van der Waals surface area (Å²) in [6, 6.07) is 6.71. The molecule has 0 aliphatic heterocycles. The number of carboxylic acids is 1. The largest absolute Gasteiger partial charge is 0.493 e. The van der Waals surface area contributed by atoms with Gasteiger partial charge < -0.3 is 19.9 Å². The van der Waals surface area contributed by atoms with Gasteiger partial charge in [0.15, 0.2) is 11.5 Å². The first-order valence-corrected chi connectivity index (χ1v) is 8.55. The number of benzene rings is 2. The van der Waals surface area contributed by atoms with E-state index >= 15 is 0 Å². The number of hydrogen-bond acceptors (Lipinski definition) is 4. The highest BCUT2D eigenvalue weighted by atomic mass is 35.5. The number of anilines is 1. The number of methoxy groups -OCH3 is 1. The SMILES string of the molecule is CCCOc1c(Cl)cc(C(=O)Nc2ccc(CC(=O)O)c(F)c2)cc1OC. The van der Waals surface area contributed by atoms with Crippen molar-refractivity contribution in [2.75, 3.05) is 19.0 Å². The maximum atomic E-state index is 13.9. The van der Waals surface area contributed by atoms with Gasteiger partial charge in [-0.2, -0.15) is 0 Å². The van der Waals surface area contributed by atoms with Crippen molar-refractivity contribution in [1.29, 1.82) is 0 Å². The normalized spacial score (nSPS) is 10.4. The zero-order valence-corrected chi connectivity index (χ0v) is 15.6. The van der Waals surface area contributed by atoms with Crippen LogP contribution in [0.4, 0.5) is 10.1 Å². The van der Waals surface area contributed by atoms with Gasteiger partial charge in [-0.15, -0.1) is 0 Å². The standard InChI is InChI=1S/C19H19ClFNO5/c1-3-6-27-18-14(20)7-12(8-16(18)26-2)19(25)22-13-5-4-11(9-17(23)24)15(21)10-13/h4-5,7-8,10H,3,6,9H2,1-2H3,(H,22,25)(H,23,24). The molecule has 2 aromatic rings. The number of ether oxygens (including phenoxy) is 2. The minimum absolute atomic E-state index is 0.0302. The second-order valence-electron chi connectivity index (χ2n) is 5.67. The van der Waals surface area contributed by atoms with Gasteiger partial charge in [0.25, 0.3) is 5.91 Å². The first-order valence-electron chi connectivity index (χ1n) is 8.17. The molecule has 0 fully saturated rings. The summed E-state index contributed by atoms with van der Waals surface area (Å²) in [4.78, 5) is 23.1. The number of amides is 1. The minimum atomic E-state index is -1.14. The van der Waals surface area contributed by atoms with E-state index < -0.39 is 24.1 Å². The van der Waals surface area contributed by atoms with Crippen LogP contribution in [0.1, 0.15) is 29.3 Å². The Morgan fingerprint density at radius 2 is 2.00 bits per heavy atom. The van der Waals surface area contributed by atoms with Gasteiger partial charge in [-0.3, -0.25) is 9.59 Å². The van der Waals surface area contributed by atoms with Gasteiger partial charge in [-0.1, -0.05) is 24.6 Å². The third kappa shape index (κ3) is 5.34. The summed E-state index contributed by atoms with van der Waals surface area (Å²) in [5, 5.41) is 11.5. The van der Waals surface area contributed by atoms with Gasteiger partial charge >= 0.3 is 5.97 Å². The lowest BCUT2D eigenvalue weighted by atomic mass is 10.1. The van der Waals surface area contributed by atoms with Crippen molar-refractivity contribution < 1.29 is 28.6 Å². The third-order valence-electron chi connectivity index (χ3n) is 3.59. The lowest BCUT2D eigenvalue weighted by Gasteiger charge is -2.14. The van der Waals surface area contributed by atoms with E-state index in [4.69, 9.17) is 26.2 Å². The van der Waals surface area contributed by atoms with Crippen molar-refractivity contribution in [3.05, 3.63) is 52.3 Å². The molecule has 2 aromatic carbocycles. The average molecular weight is 396 g/mol. The van der Waals surface area contributed by atoms with Gasteiger partial charge in [0, 0.05) is 11.3 Å². The van der Waals surface area contributed by atoms with Crippen molar-refractivity contribution in [2.45, 2.75) is 19.8 Å². The van der Waals surface area contributed by atoms with Crippen LogP contribution >= 0.6 is 11.6 Å². The van der Waals surface area contributed by atoms with Crippen LogP contribution in [0.3, 0.4) is 0 Å². The molecule has 1 amide bonds. The Hall–Kier alpha value is -2.80. The Balaban J connectivity index is 2.21. The minimum Gasteiger partial charge on any atom is -0.493 e. The van der Waals surface area contributed by atoms with Crippen LogP contribution in [0.25, 0.3) is 0 Å². The highest BCUT2D eigenvalue weighted by molar-refractivity contribution is 6.32. The number of hydrogen-bond donors (Lipinski definition) is 2. The van der Waals surface area contributed by atoms with Crippen molar-refractivity contribution in [1.82, 2.24) is 0 Å². The van der Waals surface area contributed by atoms with Crippen LogP contribution in [0.15, 0.2) is 30.3 Å². The molecule has 0 spiro atoms. The molecular formula is C19H19ClFNO5. The summed E-state index contributed by atoms with van der Waals surface area (Å²) in [6.45, 7) is 2.40. The molecule has 0 aliphatic rings. The molecule has 2 N–H and O–H groups in total. The molecule has 0 aromatic heterocycles. The fourth-order valence-electron chi connectivity index (χ4n) is 2.33. The Labute approximate surface area is 160 Å². The molecule has 0 atom stereocenters. The summed E-state index contributed by atoms with van der Waals surface area (Å²) >= 11 is 6.19. The molecule has 0 saturated heterocycles. The Bertz CT molecular complexity index is 856. The van der Waals surface area contributed by atoms with Crippen molar-refractivity contribution in [2.24, 2.45) is 0 Å². The van der Waals surface area contributed by atoms with E-state index in [1.165, 1.54) is 31.4 Å². The predicted octanol–water partition coefficient (Wildman–Crippen LogP) is 4.16. The molecule has 144 valence electrons. The molecular weight excluding hydrogens is 377 g/mol. The highest BCUT2D eigenvalue weighted by Gasteiger charge is 2.17. The van der Waals surface area contributed by atoms with Gasteiger partial charge in [-0.05, 0) is 36.2 Å². The number of nitrogens with one attached hydrogen (secondary N) is 1. The number of halogens is 2. The zero-order chi connectivity index (χ0) is 20.0. The first kappa shape index (κ1) is 20.5. The molecule has 8 heteroatoms. The number of rotatable bonds is 8. The molecule has 0 heterocycles. The Kier molecular flexibility index (Phi) is 7.01. The molecule has 0 saturated carbocycles. The van der Waals surface area contributed by atoms with E-state index in [0.29, 0.717) is 18.1 Å². The number of aliphatic carboxylic acids is 1. The zero-order valence-electron chi connectivity index (χ0n) is 14.8. The van der Waals surface area contributed by atoms with Crippen LogP contribution in [0, 0.1) is 5.82 Å². The van der Waals surface area contributed by atoms with Crippen LogP contribution in [-0.2, 0) is 11.2 Å². The maximum Gasteiger partial charge on any atom is 0.307 e. The van der Waals surface area contributed by atoms with Gasteiger partial charge in [0.2, 0.25) is 0 Å². The monoisotopic (exact) mass is 395 g/mol. The van der Waals surface area contributed by atoms with Gasteiger partial charge in [0.1, 0.15) is 5.82 Å². The fraction of sp³-hybridized carbons (Fsp3) is 0.263. The topological polar surface area (TPSA) is 84.9 Å². The van der Waals surface area contributed by atoms with Crippen LogP contribution in [-0.4, -0.2) is 30.7 Å². The fourth-order valence-corrected chi connectivity index (χ4v) is 2.59. The van der Waals surface area contributed by atoms with Crippen molar-refractivity contribution in [3.63, 3.8) is 0 Å². The first-order chi connectivity index (χ1) is 12.8. The quantitative estimate of drug-likeness (QED) is 0.701. The maximum absolute atomic E-state index is 13.9. The average Bonchev–Trinajstić information content (AvgIpc) is 2.62. The molecule has 6 nitrogen and oxygen atoms in total. The summed E-state index contributed by atoms with van der Waals surface area (Å²) in [5.74, 6) is -1.72. The Morgan fingerprint density at radius 3 is 2.59 bits per heavy atom. The summed E-state index contributed by atoms with van der Waals surface area (Å²) in [6.07, 6.45) is 0.344.